The van der Waals surface area contributed by atoms with Gasteiger partial charge >= 0.3 is 0 Å². The third-order valence-electron chi connectivity index (χ3n) is 2.33. The van der Waals surface area contributed by atoms with Crippen LogP contribution in [0.2, 0.25) is 0 Å². The number of hydrogen-bond acceptors (Lipinski definition) is 2. The second-order valence-electron chi connectivity index (χ2n) is 3.92. The number of ether oxygens (including phenoxy) is 1. The van der Waals surface area contributed by atoms with E-state index in [4.69, 9.17) is 16.2 Å². The van der Waals surface area contributed by atoms with Crippen molar-refractivity contribution in [2.45, 2.75) is 13.3 Å². The highest BCUT2D eigenvalue weighted by Gasteiger charge is 2.03. The minimum absolute atomic E-state index is 0.154. The molecule has 0 amide bonds. The molecule has 0 aliphatic carbocycles. The number of methoxy groups -OCH3 is 1. The van der Waals surface area contributed by atoms with Crippen LogP contribution in [0.15, 0.2) is 29.3 Å². The monoisotopic (exact) mass is 221 g/mol. The normalized spacial score (nSPS) is 11.9. The molecule has 1 atom stereocenters. The quantitative estimate of drug-likeness (QED) is 0.578. The van der Waals surface area contributed by atoms with Crippen molar-refractivity contribution in [3.8, 4) is 5.75 Å². The second kappa shape index (κ2) is 6.00. The maximum Gasteiger partial charge on any atom is 0.185 e. The lowest BCUT2D eigenvalue weighted by Crippen LogP contribution is -2.24. The fourth-order valence-corrected chi connectivity index (χ4v) is 1.49. The van der Waals surface area contributed by atoms with Crippen molar-refractivity contribution in [3.63, 3.8) is 0 Å². The molecule has 0 fully saturated rings. The van der Waals surface area contributed by atoms with E-state index in [1.165, 1.54) is 5.56 Å². The number of nitrogens with two attached hydrogens (primary N) is 2. The van der Waals surface area contributed by atoms with Gasteiger partial charge in [-0.15, -0.1) is 0 Å². The van der Waals surface area contributed by atoms with Gasteiger partial charge in [-0.05, 0) is 30.0 Å². The van der Waals surface area contributed by atoms with Gasteiger partial charge in [-0.1, -0.05) is 19.1 Å². The molecule has 4 N–H and O–H groups in total. The van der Waals surface area contributed by atoms with Crippen LogP contribution in [0.25, 0.3) is 0 Å². The van der Waals surface area contributed by atoms with Crippen molar-refractivity contribution in [1.29, 1.82) is 0 Å². The Morgan fingerprint density at radius 3 is 2.44 bits per heavy atom. The van der Waals surface area contributed by atoms with Gasteiger partial charge in [-0.2, -0.15) is 0 Å². The van der Waals surface area contributed by atoms with E-state index < -0.39 is 0 Å². The van der Waals surface area contributed by atoms with Crippen LogP contribution in [0.4, 0.5) is 0 Å². The van der Waals surface area contributed by atoms with E-state index in [1.54, 1.807) is 7.11 Å². The Hall–Kier alpha value is -1.71. The van der Waals surface area contributed by atoms with Crippen LogP contribution in [0.1, 0.15) is 12.5 Å². The Labute approximate surface area is 96.3 Å². The maximum atomic E-state index is 5.28. The van der Waals surface area contributed by atoms with Gasteiger partial charge < -0.3 is 16.2 Å². The molecule has 1 aromatic rings. The minimum atomic E-state index is 0.154. The van der Waals surface area contributed by atoms with E-state index in [0.717, 1.165) is 12.2 Å². The summed E-state index contributed by atoms with van der Waals surface area (Å²) in [6.45, 7) is 2.78. The summed E-state index contributed by atoms with van der Waals surface area (Å²) in [7, 11) is 1.66. The third-order valence-corrected chi connectivity index (χ3v) is 2.33. The number of rotatable bonds is 5. The minimum Gasteiger partial charge on any atom is -0.497 e. The summed E-state index contributed by atoms with van der Waals surface area (Å²) >= 11 is 0. The summed E-state index contributed by atoms with van der Waals surface area (Å²) in [5.74, 6) is 1.46. The zero-order valence-electron chi connectivity index (χ0n) is 9.81. The predicted molar refractivity (Wildman–Crippen MR) is 66.5 cm³/mol. The number of aliphatic imine (C=N–C) groups is 1. The van der Waals surface area contributed by atoms with Crippen LogP contribution in [0.3, 0.4) is 0 Å². The largest absolute Gasteiger partial charge is 0.497 e. The molecule has 1 rings (SSSR count). The van der Waals surface area contributed by atoms with Gasteiger partial charge in [0.05, 0.1) is 7.11 Å². The van der Waals surface area contributed by atoms with E-state index >= 15 is 0 Å². The lowest BCUT2D eigenvalue weighted by molar-refractivity contribution is 0.414. The molecule has 1 aromatic carbocycles. The lowest BCUT2D eigenvalue weighted by atomic mass is 10.0. The fourth-order valence-electron chi connectivity index (χ4n) is 1.49. The zero-order valence-corrected chi connectivity index (χ0v) is 9.81. The van der Waals surface area contributed by atoms with Crippen molar-refractivity contribution >= 4 is 5.96 Å². The van der Waals surface area contributed by atoms with Gasteiger partial charge in [0.2, 0.25) is 0 Å². The molecule has 0 spiro atoms. The first-order valence-corrected chi connectivity index (χ1v) is 5.30. The molecule has 0 heterocycles. The molecule has 0 aliphatic rings. The van der Waals surface area contributed by atoms with Crippen molar-refractivity contribution in [2.75, 3.05) is 13.7 Å². The highest BCUT2D eigenvalue weighted by atomic mass is 16.5. The first-order valence-electron chi connectivity index (χ1n) is 5.30. The molecule has 0 saturated carbocycles. The average Bonchev–Trinajstić information content (AvgIpc) is 2.27. The van der Waals surface area contributed by atoms with Crippen molar-refractivity contribution in [2.24, 2.45) is 22.4 Å². The van der Waals surface area contributed by atoms with E-state index in [9.17, 15) is 0 Å². The van der Waals surface area contributed by atoms with Crippen LogP contribution in [-0.4, -0.2) is 19.6 Å². The van der Waals surface area contributed by atoms with Gasteiger partial charge in [0.1, 0.15) is 5.75 Å². The summed E-state index contributed by atoms with van der Waals surface area (Å²) in [4.78, 5) is 4.00. The van der Waals surface area contributed by atoms with Crippen LogP contribution < -0.4 is 16.2 Å². The molecule has 0 saturated heterocycles. The van der Waals surface area contributed by atoms with E-state index in [-0.39, 0.29) is 5.96 Å². The van der Waals surface area contributed by atoms with Crippen molar-refractivity contribution in [1.82, 2.24) is 0 Å². The molecule has 1 unspecified atom stereocenters. The molecule has 0 bridgehead atoms. The first-order chi connectivity index (χ1) is 7.61. The lowest BCUT2D eigenvalue weighted by Gasteiger charge is -2.09. The summed E-state index contributed by atoms with van der Waals surface area (Å²) in [5, 5.41) is 0. The fraction of sp³-hybridized carbons (Fsp3) is 0.417. The van der Waals surface area contributed by atoms with Gasteiger partial charge in [0.25, 0.3) is 0 Å². The molecule has 88 valence electrons. The average molecular weight is 221 g/mol. The van der Waals surface area contributed by atoms with E-state index in [1.807, 2.05) is 12.1 Å². The van der Waals surface area contributed by atoms with Gasteiger partial charge in [-0.25, -0.2) is 0 Å². The molecule has 0 radical (unpaired) electrons. The van der Waals surface area contributed by atoms with Gasteiger partial charge in [-0.3, -0.25) is 4.99 Å². The number of benzene rings is 1. The highest BCUT2D eigenvalue weighted by molar-refractivity contribution is 5.75. The molecular weight excluding hydrogens is 202 g/mol. The number of guanidine groups is 1. The highest BCUT2D eigenvalue weighted by Crippen LogP contribution is 2.14. The smallest absolute Gasteiger partial charge is 0.185 e. The Bertz CT molecular complexity index is 342. The maximum absolute atomic E-state index is 5.28. The Kier molecular flexibility index (Phi) is 4.64. The Balaban J connectivity index is 2.49. The predicted octanol–water partition coefficient (Wildman–Crippen LogP) is 1.15. The van der Waals surface area contributed by atoms with Crippen LogP contribution in [-0.2, 0) is 6.42 Å². The first kappa shape index (κ1) is 12.4. The second-order valence-corrected chi connectivity index (χ2v) is 3.92. The molecule has 4 nitrogen and oxygen atoms in total. The summed E-state index contributed by atoms with van der Waals surface area (Å²) < 4.78 is 5.10. The molecule has 0 aliphatic heterocycles. The standard InChI is InChI=1S/C12H19N3O/c1-9(8-15-12(13)14)7-10-3-5-11(16-2)6-4-10/h3-6,9H,7-8H2,1-2H3,(H4,13,14,15). The number of hydrogen-bond donors (Lipinski definition) is 2. The van der Waals surface area contributed by atoms with E-state index in [0.29, 0.717) is 12.5 Å². The van der Waals surface area contributed by atoms with Crippen molar-refractivity contribution < 1.29 is 4.74 Å². The molecular formula is C12H19N3O. The Morgan fingerprint density at radius 1 is 1.31 bits per heavy atom. The van der Waals surface area contributed by atoms with Gasteiger partial charge in [0, 0.05) is 6.54 Å². The number of nitrogens with zero attached hydrogens (tertiary/aromatic N) is 1. The van der Waals surface area contributed by atoms with Crippen LogP contribution >= 0.6 is 0 Å². The van der Waals surface area contributed by atoms with E-state index in [2.05, 4.69) is 24.0 Å². The zero-order chi connectivity index (χ0) is 12.0. The summed E-state index contributed by atoms with van der Waals surface area (Å²) in [6, 6.07) is 8.04. The Morgan fingerprint density at radius 2 is 1.94 bits per heavy atom. The van der Waals surface area contributed by atoms with Crippen LogP contribution in [0.5, 0.6) is 5.75 Å². The molecule has 4 heteroatoms. The van der Waals surface area contributed by atoms with Crippen molar-refractivity contribution in [3.05, 3.63) is 29.8 Å². The molecule has 16 heavy (non-hydrogen) atoms. The summed E-state index contributed by atoms with van der Waals surface area (Å²) in [6.07, 6.45) is 0.959. The molecule has 0 aromatic heterocycles. The summed E-state index contributed by atoms with van der Waals surface area (Å²) in [5.41, 5.74) is 11.8. The van der Waals surface area contributed by atoms with Gasteiger partial charge in [0.15, 0.2) is 5.96 Å². The third kappa shape index (κ3) is 4.21. The topological polar surface area (TPSA) is 73.6 Å². The van der Waals surface area contributed by atoms with Crippen LogP contribution in [0, 0.1) is 5.92 Å². The SMILES string of the molecule is COc1ccc(CC(C)CN=C(N)N)cc1.